The molecule has 0 radical (unpaired) electrons. The average Bonchev–Trinajstić information content (AvgIpc) is 2.52. The molecule has 0 fully saturated rings. The Morgan fingerprint density at radius 1 is 1.10 bits per heavy atom. The van der Waals surface area contributed by atoms with Gasteiger partial charge in [-0.05, 0) is 29.8 Å². The number of benzene rings is 2. The van der Waals surface area contributed by atoms with Gasteiger partial charge in [0.2, 0.25) is 0 Å². The van der Waals surface area contributed by atoms with Crippen molar-refractivity contribution >= 4 is 38.6 Å². The van der Waals surface area contributed by atoms with Crippen molar-refractivity contribution in [2.24, 2.45) is 5.73 Å². The molecule has 0 bridgehead atoms. The molecule has 2 nitrogen and oxygen atoms in total. The van der Waals surface area contributed by atoms with E-state index in [1.807, 2.05) is 30.5 Å². The number of fused-ring (bicyclic) bond motifs is 1. The molecule has 0 aliphatic rings. The molecular weight excluding hydrogens is 344 g/mol. The Labute approximate surface area is 136 Å². The lowest BCUT2D eigenvalue weighted by molar-refractivity contribution is 0.837. The monoisotopic (exact) mass is 358 g/mol. The van der Waals surface area contributed by atoms with Crippen molar-refractivity contribution in [2.75, 3.05) is 5.75 Å². The SMILES string of the molecule is NC(CSc1cccc(Br)c1)c1cccc2cccnc12. The number of halogens is 1. The molecule has 1 aromatic heterocycles. The Balaban J connectivity index is 1.79. The molecule has 4 heteroatoms. The zero-order valence-corrected chi connectivity index (χ0v) is 13.8. The van der Waals surface area contributed by atoms with E-state index in [-0.39, 0.29) is 6.04 Å². The predicted octanol–water partition coefficient (Wildman–Crippen LogP) is 4.79. The van der Waals surface area contributed by atoms with Gasteiger partial charge in [0, 0.05) is 32.7 Å². The number of pyridine rings is 1. The van der Waals surface area contributed by atoms with Gasteiger partial charge >= 0.3 is 0 Å². The smallest absolute Gasteiger partial charge is 0.0749 e. The lowest BCUT2D eigenvalue weighted by atomic mass is 10.0. The molecule has 21 heavy (non-hydrogen) atoms. The molecular formula is C17H15BrN2S. The number of aromatic nitrogens is 1. The number of nitrogens with zero attached hydrogens (tertiary/aromatic N) is 1. The third kappa shape index (κ3) is 3.46. The molecule has 3 aromatic rings. The van der Waals surface area contributed by atoms with Crippen LogP contribution >= 0.6 is 27.7 Å². The molecule has 2 N–H and O–H groups in total. The van der Waals surface area contributed by atoms with Gasteiger partial charge in [0.05, 0.1) is 5.52 Å². The van der Waals surface area contributed by atoms with E-state index < -0.39 is 0 Å². The first-order valence-electron chi connectivity index (χ1n) is 6.71. The molecule has 3 rings (SSSR count). The van der Waals surface area contributed by atoms with Crippen molar-refractivity contribution in [3.05, 3.63) is 70.8 Å². The van der Waals surface area contributed by atoms with Crippen LogP contribution in [0.25, 0.3) is 10.9 Å². The topological polar surface area (TPSA) is 38.9 Å². The molecule has 1 unspecified atom stereocenters. The van der Waals surface area contributed by atoms with Gasteiger partial charge in [-0.2, -0.15) is 0 Å². The van der Waals surface area contributed by atoms with Gasteiger partial charge in [-0.15, -0.1) is 11.8 Å². The van der Waals surface area contributed by atoms with E-state index in [0.29, 0.717) is 0 Å². The summed E-state index contributed by atoms with van der Waals surface area (Å²) < 4.78 is 1.09. The summed E-state index contributed by atoms with van der Waals surface area (Å²) in [4.78, 5) is 5.69. The van der Waals surface area contributed by atoms with Crippen LogP contribution in [0.5, 0.6) is 0 Å². The summed E-state index contributed by atoms with van der Waals surface area (Å²) in [6, 6.07) is 18.4. The molecule has 2 aromatic carbocycles. The Morgan fingerprint density at radius 2 is 1.90 bits per heavy atom. The minimum Gasteiger partial charge on any atom is -0.323 e. The highest BCUT2D eigenvalue weighted by Crippen LogP contribution is 2.28. The van der Waals surface area contributed by atoms with Crippen molar-refractivity contribution in [3.8, 4) is 0 Å². The Kier molecular flexibility index (Phi) is 4.58. The van der Waals surface area contributed by atoms with Gasteiger partial charge in [0.15, 0.2) is 0 Å². The molecule has 1 heterocycles. The lowest BCUT2D eigenvalue weighted by Gasteiger charge is -2.14. The van der Waals surface area contributed by atoms with E-state index in [0.717, 1.165) is 26.7 Å². The standard InChI is InChI=1S/C17H15BrN2S/c18-13-6-2-7-14(10-13)21-11-16(19)15-8-1-4-12-5-3-9-20-17(12)15/h1-10,16H,11,19H2. The summed E-state index contributed by atoms with van der Waals surface area (Å²) in [6.07, 6.45) is 1.82. The zero-order chi connectivity index (χ0) is 14.7. The fourth-order valence-electron chi connectivity index (χ4n) is 2.26. The Morgan fingerprint density at radius 3 is 2.76 bits per heavy atom. The van der Waals surface area contributed by atoms with Crippen molar-refractivity contribution in [2.45, 2.75) is 10.9 Å². The molecule has 106 valence electrons. The summed E-state index contributed by atoms with van der Waals surface area (Å²) >= 11 is 5.26. The van der Waals surface area contributed by atoms with E-state index in [1.54, 1.807) is 11.8 Å². The number of thioether (sulfide) groups is 1. The maximum atomic E-state index is 6.37. The van der Waals surface area contributed by atoms with E-state index in [1.165, 1.54) is 4.90 Å². The highest BCUT2D eigenvalue weighted by molar-refractivity contribution is 9.10. The number of nitrogens with two attached hydrogens (primary N) is 1. The highest BCUT2D eigenvalue weighted by Gasteiger charge is 2.11. The van der Waals surface area contributed by atoms with Gasteiger partial charge in [0.25, 0.3) is 0 Å². The van der Waals surface area contributed by atoms with Crippen molar-refractivity contribution < 1.29 is 0 Å². The van der Waals surface area contributed by atoms with Crippen molar-refractivity contribution in [3.63, 3.8) is 0 Å². The van der Waals surface area contributed by atoms with Gasteiger partial charge in [-0.1, -0.05) is 46.3 Å². The van der Waals surface area contributed by atoms with Crippen LogP contribution in [0.4, 0.5) is 0 Å². The highest BCUT2D eigenvalue weighted by atomic mass is 79.9. The van der Waals surface area contributed by atoms with E-state index in [9.17, 15) is 0 Å². The van der Waals surface area contributed by atoms with Crippen LogP contribution in [0.15, 0.2) is 70.2 Å². The van der Waals surface area contributed by atoms with Gasteiger partial charge in [0.1, 0.15) is 0 Å². The van der Waals surface area contributed by atoms with Gasteiger partial charge in [-0.3, -0.25) is 4.98 Å². The van der Waals surface area contributed by atoms with Crippen molar-refractivity contribution in [1.29, 1.82) is 0 Å². The summed E-state index contributed by atoms with van der Waals surface area (Å²) in [5.41, 5.74) is 8.48. The molecule has 1 atom stereocenters. The molecule has 0 aliphatic heterocycles. The van der Waals surface area contributed by atoms with Crippen LogP contribution in [0, 0.1) is 0 Å². The average molecular weight is 359 g/mol. The largest absolute Gasteiger partial charge is 0.323 e. The quantitative estimate of drug-likeness (QED) is 0.681. The van der Waals surface area contributed by atoms with Crippen molar-refractivity contribution in [1.82, 2.24) is 4.98 Å². The first-order valence-corrected chi connectivity index (χ1v) is 8.49. The Hall–Kier alpha value is -1.36. The minimum absolute atomic E-state index is 0.0346. The van der Waals surface area contributed by atoms with Crippen LogP contribution < -0.4 is 5.73 Å². The van der Waals surface area contributed by atoms with Crippen LogP contribution in [-0.2, 0) is 0 Å². The van der Waals surface area contributed by atoms with Crippen LogP contribution in [0.3, 0.4) is 0 Å². The molecule has 0 aliphatic carbocycles. The first-order chi connectivity index (χ1) is 10.2. The van der Waals surface area contributed by atoms with Crippen LogP contribution in [0.1, 0.15) is 11.6 Å². The normalized spacial score (nSPS) is 12.5. The van der Waals surface area contributed by atoms with Crippen LogP contribution in [0.2, 0.25) is 0 Å². The summed E-state index contributed by atoms with van der Waals surface area (Å²) in [6.45, 7) is 0. The van der Waals surface area contributed by atoms with Gasteiger partial charge in [-0.25, -0.2) is 0 Å². The van der Waals surface area contributed by atoms with E-state index >= 15 is 0 Å². The zero-order valence-electron chi connectivity index (χ0n) is 11.4. The maximum absolute atomic E-state index is 6.37. The third-order valence-corrected chi connectivity index (χ3v) is 4.90. The summed E-state index contributed by atoms with van der Waals surface area (Å²) in [7, 11) is 0. The molecule has 0 saturated heterocycles. The minimum atomic E-state index is -0.0346. The Bertz CT molecular complexity index is 755. The number of hydrogen-bond donors (Lipinski definition) is 1. The summed E-state index contributed by atoms with van der Waals surface area (Å²) in [5, 5.41) is 1.14. The maximum Gasteiger partial charge on any atom is 0.0749 e. The number of hydrogen-bond acceptors (Lipinski definition) is 3. The number of rotatable bonds is 4. The summed E-state index contributed by atoms with van der Waals surface area (Å²) in [5.74, 6) is 0.826. The van der Waals surface area contributed by atoms with E-state index in [4.69, 9.17) is 5.73 Å². The molecule has 0 saturated carbocycles. The third-order valence-electron chi connectivity index (χ3n) is 3.29. The second kappa shape index (κ2) is 6.60. The number of para-hydroxylation sites is 1. The lowest BCUT2D eigenvalue weighted by Crippen LogP contribution is -2.13. The van der Waals surface area contributed by atoms with Gasteiger partial charge < -0.3 is 5.73 Å². The predicted molar refractivity (Wildman–Crippen MR) is 93.5 cm³/mol. The van der Waals surface area contributed by atoms with E-state index in [2.05, 4.69) is 51.2 Å². The fourth-order valence-corrected chi connectivity index (χ4v) is 3.75. The second-order valence-electron chi connectivity index (χ2n) is 4.80. The fraction of sp³-hybridized carbons (Fsp3) is 0.118. The molecule has 0 amide bonds. The van der Waals surface area contributed by atoms with Crippen LogP contribution in [-0.4, -0.2) is 10.7 Å². The first kappa shape index (κ1) is 14.6. The molecule has 0 spiro atoms. The second-order valence-corrected chi connectivity index (χ2v) is 6.81.